The molecule has 5 rings (SSSR count). The summed E-state index contributed by atoms with van der Waals surface area (Å²) in [4.78, 5) is 15.5. The molecular weight excluding hydrogens is 824 g/mol. The lowest BCUT2D eigenvalue weighted by Crippen LogP contribution is -3.61. The molecule has 0 saturated carbocycles. The Balaban J connectivity index is 0.000000320. The number of carbonyl (C=O) groups is 1. The van der Waals surface area contributed by atoms with E-state index in [4.69, 9.17) is 35.4 Å². The molecule has 5 aromatic carbocycles. The molecule has 0 bridgehead atoms. The Morgan fingerprint density at radius 3 is 1.24 bits per heavy atom. The van der Waals surface area contributed by atoms with Crippen LogP contribution in [0.15, 0.2) is 160 Å². The van der Waals surface area contributed by atoms with E-state index in [0.717, 1.165) is 0 Å². The van der Waals surface area contributed by atoms with Gasteiger partial charge in [-0.3, -0.25) is 0 Å². The van der Waals surface area contributed by atoms with Crippen LogP contribution in [-0.2, 0) is 40.7 Å². The van der Waals surface area contributed by atoms with E-state index in [1.165, 1.54) is 21.8 Å². The highest BCUT2D eigenvalue weighted by molar-refractivity contribution is 7.97. The van der Waals surface area contributed by atoms with E-state index in [9.17, 15) is 4.79 Å². The Bertz CT molecular complexity index is 1820. The van der Waals surface area contributed by atoms with Crippen molar-refractivity contribution in [1.82, 2.24) is 0 Å². The predicted octanol–water partition coefficient (Wildman–Crippen LogP) is 3.64. The molecule has 0 aliphatic carbocycles. The Kier molecular flexibility index (Phi) is 18.4. The van der Waals surface area contributed by atoms with Crippen LogP contribution in [0.3, 0.4) is 0 Å². The number of hydrogen-bond donors (Lipinski definition) is 0. The first-order chi connectivity index (χ1) is 23.9. The molecule has 0 saturated heterocycles. The third-order valence-electron chi connectivity index (χ3n) is 5.48. The maximum Gasteiger partial charge on any atom is 0.357 e. The smallest absolute Gasteiger partial charge is 0.357 e. The Morgan fingerprint density at radius 2 is 0.902 bits per heavy atom. The molecule has 0 unspecified atom stereocenters. The van der Waals surface area contributed by atoms with Crippen LogP contribution < -0.4 is 25.9 Å². The molecule has 0 fully saturated rings. The molecule has 0 aromatic heterocycles. The topological polar surface area (TPSA) is 150 Å². The summed E-state index contributed by atoms with van der Waals surface area (Å²) in [5, 5.41) is 0. The molecule has 0 radical (unpaired) electrons. The van der Waals surface area contributed by atoms with Crippen molar-refractivity contribution < 1.29 is 61.4 Å². The van der Waals surface area contributed by atoms with E-state index in [0.29, 0.717) is 18.3 Å². The highest BCUT2D eigenvalue weighted by Gasteiger charge is 2.28. The average Bonchev–Trinajstić information content (AvgIpc) is 3.05. The van der Waals surface area contributed by atoms with Gasteiger partial charge < -0.3 is 18.6 Å². The Hall–Kier alpha value is -3.73. The summed E-state index contributed by atoms with van der Waals surface area (Å²) in [6.45, 7) is 5.43. The van der Waals surface area contributed by atoms with Crippen LogP contribution in [0.4, 0.5) is 0 Å². The molecule has 5 aromatic rings. The van der Waals surface area contributed by atoms with Crippen molar-refractivity contribution in [2.75, 3.05) is 19.1 Å². The highest BCUT2D eigenvalue weighted by Crippen LogP contribution is 2.31. The maximum absolute atomic E-state index is 11.8. The number of benzene rings is 5. The van der Waals surface area contributed by atoms with Crippen molar-refractivity contribution in [3.63, 3.8) is 0 Å². The molecule has 272 valence electrons. The van der Waals surface area contributed by atoms with Crippen molar-refractivity contribution in [2.24, 2.45) is 0 Å². The van der Waals surface area contributed by atoms with Crippen molar-refractivity contribution in [3.8, 4) is 5.75 Å². The zero-order valence-electron chi connectivity index (χ0n) is 28.8. The first kappa shape index (κ1) is 43.4. The Labute approximate surface area is 315 Å². The summed E-state index contributed by atoms with van der Waals surface area (Å²) in [6, 6.07) is 50.3. The van der Waals surface area contributed by atoms with Gasteiger partial charge in [-0.25, -0.2) is 21.6 Å². The van der Waals surface area contributed by atoms with E-state index in [1.54, 1.807) is 0 Å². The summed E-state index contributed by atoms with van der Waals surface area (Å²) in [6.07, 6.45) is 1.21. The second-order valence-corrected chi connectivity index (χ2v) is 19.2. The van der Waals surface area contributed by atoms with E-state index < -0.39 is 25.8 Å². The van der Waals surface area contributed by atoms with Gasteiger partial charge in [0.2, 0.25) is 0 Å². The molecule has 0 spiro atoms. The van der Waals surface area contributed by atoms with Gasteiger partial charge in [0.05, 0.1) is 31.1 Å². The normalized spacial score (nSPS) is 11.0. The minimum Gasteiger partial charge on any atom is -0.748 e. The molecule has 13 heteroatoms. The summed E-state index contributed by atoms with van der Waals surface area (Å²) >= 11 is 0.0287. The lowest BCUT2D eigenvalue weighted by Gasteiger charge is -2.19. The van der Waals surface area contributed by atoms with E-state index >= 15 is 0 Å². The number of halogens is 1. The predicted molar refractivity (Wildman–Crippen MR) is 194 cm³/mol. The molecule has 0 aliphatic heterocycles. The van der Waals surface area contributed by atoms with Gasteiger partial charge in [-0.1, -0.05) is 72.8 Å². The van der Waals surface area contributed by atoms with Crippen molar-refractivity contribution in [2.45, 2.75) is 41.1 Å². The zero-order chi connectivity index (χ0) is 37.9. The van der Waals surface area contributed by atoms with Gasteiger partial charge in [-0.2, -0.15) is 0 Å². The molecule has 9 nitrogen and oxygen atoms in total. The van der Waals surface area contributed by atoms with E-state index in [-0.39, 0.29) is 44.7 Å². The SMILES string of the molecule is CC(C)(C)OC(=O)COc1ccc([S+](c2ccccc2)c2ccccc2)cc1.CS(=O)(=O)[O-].CS(=O)(=O)[O-].c1ccc([I+]c2ccccc2)cc1. The quantitative estimate of drug-likeness (QED) is 0.0987. The highest BCUT2D eigenvalue weighted by atomic mass is 127. The molecule has 0 amide bonds. The van der Waals surface area contributed by atoms with Crippen molar-refractivity contribution in [3.05, 3.63) is 153 Å². The van der Waals surface area contributed by atoms with Gasteiger partial charge >= 0.3 is 27.2 Å². The van der Waals surface area contributed by atoms with E-state index in [2.05, 4.69) is 121 Å². The monoisotopic (exact) mass is 864 g/mol. The van der Waals surface area contributed by atoms with Gasteiger partial charge in [0, 0.05) is 12.5 Å². The molecule has 51 heavy (non-hydrogen) atoms. The van der Waals surface area contributed by atoms with Crippen LogP contribution in [0, 0.1) is 7.14 Å². The minimum atomic E-state index is -3.92. The maximum atomic E-state index is 11.8. The number of carbonyl (C=O) groups excluding carboxylic acids is 1. The van der Waals surface area contributed by atoms with Gasteiger partial charge in [0.15, 0.2) is 28.4 Å². The first-order valence-corrected chi connectivity index (χ1v) is 22.2. The lowest BCUT2D eigenvalue weighted by atomic mass is 10.2. The van der Waals surface area contributed by atoms with Crippen LogP contribution in [0.5, 0.6) is 5.75 Å². The number of hydrogen-bond acceptors (Lipinski definition) is 9. The minimum absolute atomic E-state index is 0.0287. The van der Waals surface area contributed by atoms with Gasteiger partial charge in [-0.15, -0.1) is 0 Å². The van der Waals surface area contributed by atoms with Crippen LogP contribution in [0.25, 0.3) is 0 Å². The number of rotatable bonds is 8. The number of ether oxygens (including phenoxy) is 2. The van der Waals surface area contributed by atoms with Crippen molar-refractivity contribution >= 4 is 37.1 Å². The molecule has 0 aliphatic rings. The second-order valence-electron chi connectivity index (χ2n) is 11.4. The lowest BCUT2D eigenvalue weighted by molar-refractivity contribution is -0.597. The summed E-state index contributed by atoms with van der Waals surface area (Å²) in [7, 11) is -8.03. The molecular formula is C38H41IO9S3. The third kappa shape index (κ3) is 22.0. The molecule has 0 heterocycles. The fraction of sp³-hybridized carbons (Fsp3) is 0.184. The van der Waals surface area contributed by atoms with Gasteiger partial charge in [0.25, 0.3) is 0 Å². The largest absolute Gasteiger partial charge is 0.748 e. The third-order valence-corrected chi connectivity index (χ3v) is 10.4. The van der Waals surface area contributed by atoms with Gasteiger partial charge in [-0.05, 0) is 93.6 Å². The second kappa shape index (κ2) is 21.6. The molecule has 0 N–H and O–H groups in total. The molecule has 0 atom stereocenters. The fourth-order valence-corrected chi connectivity index (χ4v) is 8.14. The van der Waals surface area contributed by atoms with Crippen LogP contribution in [-0.4, -0.2) is 56.6 Å². The first-order valence-electron chi connectivity index (χ1n) is 15.2. The van der Waals surface area contributed by atoms with E-state index in [1.807, 2.05) is 45.0 Å². The Morgan fingerprint density at radius 1 is 0.588 bits per heavy atom. The van der Waals surface area contributed by atoms with Gasteiger partial charge in [0.1, 0.15) is 11.4 Å². The van der Waals surface area contributed by atoms with Crippen molar-refractivity contribution in [1.29, 1.82) is 0 Å². The average molecular weight is 865 g/mol. The van der Waals surface area contributed by atoms with Crippen LogP contribution >= 0.6 is 0 Å². The van der Waals surface area contributed by atoms with Crippen LogP contribution in [0.1, 0.15) is 20.8 Å². The fourth-order valence-electron chi connectivity index (χ4n) is 3.79. The summed E-state index contributed by atoms with van der Waals surface area (Å²) in [5.74, 6) is 0.282. The standard InChI is InChI=1S/C24H25O3S.C12H10I.2CH4O3S/c1-24(2,3)27-23(25)18-26-19-14-16-22(17-15-19)28(20-10-6-4-7-11-20)21-12-8-5-9-13-21;1-3-7-11(8-4-1)13-12-9-5-2-6-10-12;2*1-5(2,3)4/h4-17H,18H2,1-3H3;1-10H;2*1H3,(H,2,3,4)/q2*+1;;/p-2. The van der Waals surface area contributed by atoms with Crippen LogP contribution in [0.2, 0.25) is 0 Å². The summed E-state index contributed by atoms with van der Waals surface area (Å²) in [5.41, 5.74) is -0.510. The zero-order valence-corrected chi connectivity index (χ0v) is 33.4. The number of esters is 1. The summed E-state index contributed by atoms with van der Waals surface area (Å²) < 4.78 is 68.3.